The Morgan fingerprint density at radius 1 is 1.29 bits per heavy atom. The van der Waals surface area contributed by atoms with Crippen LogP contribution in [-0.4, -0.2) is 54.1 Å². The lowest BCUT2D eigenvalue weighted by molar-refractivity contribution is -0.128. The number of carbonyl (C=O) groups excluding carboxylic acids is 1. The minimum absolute atomic E-state index is 0.0877. The highest BCUT2D eigenvalue weighted by Crippen LogP contribution is 2.41. The number of aryl methyl sites for hydroxylation is 2. The lowest BCUT2D eigenvalue weighted by atomic mass is 9.86. The lowest BCUT2D eigenvalue weighted by Crippen LogP contribution is -2.35. The van der Waals surface area contributed by atoms with Crippen LogP contribution in [0, 0.1) is 19.3 Å². The molecule has 0 N–H and O–H groups in total. The van der Waals surface area contributed by atoms with Crippen molar-refractivity contribution in [1.29, 1.82) is 0 Å². The van der Waals surface area contributed by atoms with E-state index >= 15 is 0 Å². The normalized spacial score (nSPS) is 25.3. The summed E-state index contributed by atoms with van der Waals surface area (Å²) in [5.74, 6) is 1.00. The van der Waals surface area contributed by atoms with E-state index < -0.39 is 10.0 Å². The van der Waals surface area contributed by atoms with Gasteiger partial charge in [-0.25, -0.2) is 12.7 Å². The summed E-state index contributed by atoms with van der Waals surface area (Å²) < 4.78 is 31.3. The Balaban J connectivity index is 1.71. The smallest absolute Gasteiger partial charge is 0.223 e. The summed E-state index contributed by atoms with van der Waals surface area (Å²) in [5.41, 5.74) is 1.52. The highest BCUT2D eigenvalue weighted by atomic mass is 32.2. The van der Waals surface area contributed by atoms with E-state index in [2.05, 4.69) is 5.16 Å². The van der Waals surface area contributed by atoms with Gasteiger partial charge < -0.3 is 9.42 Å². The molecule has 0 aliphatic carbocycles. The van der Waals surface area contributed by atoms with E-state index in [1.54, 1.807) is 4.31 Å². The third-order valence-electron chi connectivity index (χ3n) is 5.19. The van der Waals surface area contributed by atoms with Crippen molar-refractivity contribution in [3.05, 3.63) is 17.0 Å². The van der Waals surface area contributed by atoms with Crippen LogP contribution in [-0.2, 0) is 21.4 Å². The first kappa shape index (κ1) is 17.4. The zero-order valence-corrected chi connectivity index (χ0v) is 15.4. The van der Waals surface area contributed by atoms with E-state index in [1.807, 2.05) is 25.7 Å². The average molecular weight is 355 g/mol. The van der Waals surface area contributed by atoms with Gasteiger partial charge in [0.1, 0.15) is 5.76 Å². The first-order chi connectivity index (χ1) is 11.3. The van der Waals surface area contributed by atoms with Crippen LogP contribution in [0.4, 0.5) is 0 Å². The molecule has 3 rings (SSSR count). The molecular formula is C16H25N3O4S. The van der Waals surface area contributed by atoms with Crippen LogP contribution in [0.3, 0.4) is 0 Å². The molecule has 7 nitrogen and oxygen atoms in total. The van der Waals surface area contributed by atoms with E-state index in [9.17, 15) is 13.2 Å². The van der Waals surface area contributed by atoms with Crippen molar-refractivity contribution in [2.45, 2.75) is 46.6 Å². The first-order valence-corrected chi connectivity index (χ1v) is 10.0. The predicted molar refractivity (Wildman–Crippen MR) is 88.7 cm³/mol. The van der Waals surface area contributed by atoms with E-state index in [0.29, 0.717) is 39.0 Å². The minimum atomic E-state index is -3.19. The van der Waals surface area contributed by atoms with Crippen molar-refractivity contribution in [3.63, 3.8) is 0 Å². The van der Waals surface area contributed by atoms with Gasteiger partial charge in [-0.3, -0.25) is 4.79 Å². The van der Waals surface area contributed by atoms with Gasteiger partial charge in [0, 0.05) is 37.0 Å². The molecule has 1 atom stereocenters. The topological polar surface area (TPSA) is 83.7 Å². The fourth-order valence-corrected chi connectivity index (χ4v) is 5.45. The monoisotopic (exact) mass is 355 g/mol. The molecule has 134 valence electrons. The molecule has 0 unspecified atom stereocenters. The van der Waals surface area contributed by atoms with Gasteiger partial charge in [0.05, 0.1) is 18.0 Å². The third-order valence-corrected chi connectivity index (χ3v) is 7.22. The van der Waals surface area contributed by atoms with E-state index in [0.717, 1.165) is 23.4 Å². The quantitative estimate of drug-likeness (QED) is 0.798. The maximum atomic E-state index is 12.5. The van der Waals surface area contributed by atoms with Gasteiger partial charge in [-0.15, -0.1) is 0 Å². The van der Waals surface area contributed by atoms with Crippen LogP contribution >= 0.6 is 0 Å². The molecule has 2 aliphatic rings. The first-order valence-electron chi connectivity index (χ1n) is 8.44. The Kier molecular flexibility index (Phi) is 4.46. The van der Waals surface area contributed by atoms with Gasteiger partial charge in [0.2, 0.25) is 15.9 Å². The van der Waals surface area contributed by atoms with Crippen LogP contribution < -0.4 is 0 Å². The molecule has 0 aromatic carbocycles. The second-order valence-corrected chi connectivity index (χ2v) is 9.22. The van der Waals surface area contributed by atoms with Crippen LogP contribution in [0.1, 0.15) is 43.2 Å². The largest absolute Gasteiger partial charge is 0.361 e. The van der Waals surface area contributed by atoms with Gasteiger partial charge in [-0.1, -0.05) is 12.1 Å². The summed E-state index contributed by atoms with van der Waals surface area (Å²) in [5, 5.41) is 3.94. The van der Waals surface area contributed by atoms with Gasteiger partial charge in [0.25, 0.3) is 0 Å². The number of aromatic nitrogens is 1. The Hall–Kier alpha value is -1.41. The molecular weight excluding hydrogens is 330 g/mol. The molecule has 24 heavy (non-hydrogen) atoms. The van der Waals surface area contributed by atoms with E-state index in [4.69, 9.17) is 4.52 Å². The third kappa shape index (κ3) is 3.09. The molecule has 1 aromatic rings. The number of amides is 1. The molecule has 8 heteroatoms. The minimum Gasteiger partial charge on any atom is -0.361 e. The predicted octanol–water partition coefficient (Wildman–Crippen LogP) is 1.46. The molecule has 0 radical (unpaired) electrons. The summed E-state index contributed by atoms with van der Waals surface area (Å²) in [6.45, 7) is 7.66. The van der Waals surface area contributed by atoms with Crippen molar-refractivity contribution in [2.75, 3.05) is 25.4 Å². The Morgan fingerprint density at radius 3 is 2.67 bits per heavy atom. The second kappa shape index (κ2) is 6.15. The zero-order valence-electron chi connectivity index (χ0n) is 14.5. The Labute approximate surface area is 143 Å². The number of hydrogen-bond acceptors (Lipinski definition) is 5. The second-order valence-electron chi connectivity index (χ2n) is 7.13. The van der Waals surface area contributed by atoms with Crippen LogP contribution in [0.2, 0.25) is 0 Å². The highest BCUT2D eigenvalue weighted by molar-refractivity contribution is 7.89. The number of nitrogens with zero attached hydrogens (tertiary/aromatic N) is 3. The lowest BCUT2D eigenvalue weighted by Gasteiger charge is -2.24. The van der Waals surface area contributed by atoms with Crippen molar-refractivity contribution >= 4 is 15.9 Å². The van der Waals surface area contributed by atoms with Gasteiger partial charge in [-0.2, -0.15) is 0 Å². The van der Waals surface area contributed by atoms with Gasteiger partial charge >= 0.3 is 0 Å². The van der Waals surface area contributed by atoms with Crippen LogP contribution in [0.5, 0.6) is 0 Å². The number of sulfonamides is 1. The van der Waals surface area contributed by atoms with E-state index in [1.165, 1.54) is 0 Å². The Morgan fingerprint density at radius 2 is 2.04 bits per heavy atom. The standard InChI is InChI=1S/C16H25N3O4S/c1-4-7-24(21,22)19-6-5-16(11-19)8-15(20)18(10-16)9-14-12(2)17-23-13(14)3/h4-11H2,1-3H3/t16-/m0/s1. The summed E-state index contributed by atoms with van der Waals surface area (Å²) >= 11 is 0. The maximum absolute atomic E-state index is 12.5. The molecule has 3 heterocycles. The van der Waals surface area contributed by atoms with Gasteiger partial charge in [0.15, 0.2) is 0 Å². The van der Waals surface area contributed by atoms with Crippen molar-refractivity contribution in [2.24, 2.45) is 5.41 Å². The average Bonchev–Trinajstić information content (AvgIpc) is 3.15. The summed E-state index contributed by atoms with van der Waals surface area (Å²) in [6, 6.07) is 0. The highest BCUT2D eigenvalue weighted by Gasteiger charge is 2.49. The number of carbonyl (C=O) groups is 1. The molecule has 0 bridgehead atoms. The van der Waals surface area contributed by atoms with Crippen LogP contribution in [0.25, 0.3) is 0 Å². The molecule has 1 aromatic heterocycles. The Bertz CT molecular complexity index is 723. The number of hydrogen-bond donors (Lipinski definition) is 0. The summed E-state index contributed by atoms with van der Waals surface area (Å²) in [7, 11) is -3.19. The molecule has 1 spiro atoms. The molecule has 2 fully saturated rings. The van der Waals surface area contributed by atoms with Gasteiger partial charge in [-0.05, 0) is 26.7 Å². The summed E-state index contributed by atoms with van der Waals surface area (Å²) in [6.07, 6.45) is 1.79. The number of likely N-dealkylation sites (tertiary alicyclic amines) is 1. The SMILES string of the molecule is CCCS(=O)(=O)N1CC[C@@]2(CC(=O)N(Cc3c(C)noc3C)C2)C1. The van der Waals surface area contributed by atoms with Crippen molar-refractivity contribution in [1.82, 2.24) is 14.4 Å². The summed E-state index contributed by atoms with van der Waals surface area (Å²) in [4.78, 5) is 14.3. The molecule has 2 saturated heterocycles. The van der Waals surface area contributed by atoms with Crippen molar-refractivity contribution in [3.8, 4) is 0 Å². The van der Waals surface area contributed by atoms with Crippen molar-refractivity contribution < 1.29 is 17.7 Å². The molecule has 1 amide bonds. The zero-order chi connectivity index (χ0) is 17.5. The number of rotatable bonds is 5. The molecule has 0 saturated carbocycles. The fourth-order valence-electron chi connectivity index (χ4n) is 3.84. The fraction of sp³-hybridized carbons (Fsp3) is 0.750. The molecule has 2 aliphatic heterocycles. The van der Waals surface area contributed by atoms with E-state index in [-0.39, 0.29) is 17.1 Å². The maximum Gasteiger partial charge on any atom is 0.223 e. The van der Waals surface area contributed by atoms with Crippen LogP contribution in [0.15, 0.2) is 4.52 Å².